The van der Waals surface area contributed by atoms with E-state index in [1.165, 1.54) is 18.4 Å². The fourth-order valence-corrected chi connectivity index (χ4v) is 5.09. The number of carbonyl (C=O) groups excluding carboxylic acids is 1. The van der Waals surface area contributed by atoms with Gasteiger partial charge in [0.05, 0.1) is 4.90 Å². The molecule has 28 heavy (non-hydrogen) atoms. The van der Waals surface area contributed by atoms with Crippen LogP contribution in [0.5, 0.6) is 5.75 Å². The van der Waals surface area contributed by atoms with Gasteiger partial charge in [0, 0.05) is 48.2 Å². The van der Waals surface area contributed by atoms with E-state index in [9.17, 15) is 4.79 Å². The molecule has 2 aromatic rings. The Kier molecular flexibility index (Phi) is 4.23. The smallest absolute Gasteiger partial charge is 0.150 e. The molecule has 0 bridgehead atoms. The summed E-state index contributed by atoms with van der Waals surface area (Å²) in [5, 5.41) is 3.14. The SMILES string of the molecule is CN/C=C(\c1ccccc1C=O)c1cc(S2(C)OO2)cc2c1OC(C1CC1)C2. The predicted molar refractivity (Wildman–Crippen MR) is 109 cm³/mol. The minimum absolute atomic E-state index is 0.241. The number of hydrogen-bond acceptors (Lipinski definition) is 5. The molecule has 0 amide bonds. The lowest BCUT2D eigenvalue weighted by molar-refractivity contribution is 0.0850. The van der Waals surface area contributed by atoms with Gasteiger partial charge in [0.2, 0.25) is 0 Å². The third-order valence-corrected chi connectivity index (χ3v) is 7.27. The number of rotatable bonds is 6. The first-order chi connectivity index (χ1) is 13.6. The fourth-order valence-electron chi connectivity index (χ4n) is 3.92. The molecule has 2 aliphatic heterocycles. The summed E-state index contributed by atoms with van der Waals surface area (Å²) in [6.45, 7) is 0. The Morgan fingerprint density at radius 3 is 2.64 bits per heavy atom. The zero-order valence-corrected chi connectivity index (χ0v) is 16.8. The Balaban J connectivity index is 1.68. The molecule has 1 saturated heterocycles. The summed E-state index contributed by atoms with van der Waals surface area (Å²) >= 11 is 0. The molecule has 2 heterocycles. The van der Waals surface area contributed by atoms with E-state index in [0.29, 0.717) is 11.5 Å². The number of carbonyl (C=O) groups is 1. The van der Waals surface area contributed by atoms with Crippen molar-refractivity contribution in [2.24, 2.45) is 5.92 Å². The molecule has 1 saturated carbocycles. The summed E-state index contributed by atoms with van der Waals surface area (Å²) in [5.41, 5.74) is 4.64. The van der Waals surface area contributed by atoms with E-state index in [-0.39, 0.29) is 6.10 Å². The number of fused-ring (bicyclic) bond motifs is 1. The van der Waals surface area contributed by atoms with Crippen LogP contribution in [0.25, 0.3) is 5.57 Å². The van der Waals surface area contributed by atoms with Gasteiger partial charge >= 0.3 is 0 Å². The molecule has 6 heteroatoms. The highest BCUT2D eigenvalue weighted by atomic mass is 32.3. The number of ether oxygens (including phenoxy) is 1. The van der Waals surface area contributed by atoms with E-state index in [0.717, 1.165) is 40.1 Å². The highest BCUT2D eigenvalue weighted by Crippen LogP contribution is 2.69. The van der Waals surface area contributed by atoms with Crippen molar-refractivity contribution in [2.45, 2.75) is 30.3 Å². The van der Waals surface area contributed by atoms with Crippen LogP contribution in [0.3, 0.4) is 0 Å². The lowest BCUT2D eigenvalue weighted by Gasteiger charge is -2.18. The van der Waals surface area contributed by atoms with Gasteiger partial charge in [-0.05, 0) is 36.5 Å². The number of nitrogens with one attached hydrogen (secondary N) is 1. The van der Waals surface area contributed by atoms with Crippen LogP contribution in [0.1, 0.15) is 39.9 Å². The Hall–Kier alpha value is -2.28. The third-order valence-electron chi connectivity index (χ3n) is 5.63. The minimum Gasteiger partial charge on any atom is -0.489 e. The molecule has 0 spiro atoms. The maximum absolute atomic E-state index is 11.7. The van der Waals surface area contributed by atoms with Crippen LogP contribution in [0.15, 0.2) is 47.5 Å². The highest BCUT2D eigenvalue weighted by Gasteiger charge is 2.42. The molecule has 0 aromatic heterocycles. The molecular weight excluding hydrogens is 374 g/mol. The van der Waals surface area contributed by atoms with Gasteiger partial charge < -0.3 is 10.1 Å². The number of hydrogen-bond donors (Lipinski definition) is 1. The van der Waals surface area contributed by atoms with E-state index in [4.69, 9.17) is 13.4 Å². The van der Waals surface area contributed by atoms with Gasteiger partial charge in [0.1, 0.15) is 11.9 Å². The van der Waals surface area contributed by atoms with E-state index < -0.39 is 10.6 Å². The summed E-state index contributed by atoms with van der Waals surface area (Å²) in [7, 11) is 0.224. The third kappa shape index (κ3) is 3.02. The predicted octanol–water partition coefficient (Wildman–Crippen LogP) is 4.41. The van der Waals surface area contributed by atoms with Crippen molar-refractivity contribution in [2.75, 3.05) is 13.3 Å². The topological polar surface area (TPSA) is 63.4 Å². The second-order valence-corrected chi connectivity index (χ2v) is 9.90. The second-order valence-electron chi connectivity index (χ2n) is 7.62. The first-order valence-corrected chi connectivity index (χ1v) is 11.4. The van der Waals surface area contributed by atoms with Crippen molar-refractivity contribution in [1.29, 1.82) is 0 Å². The van der Waals surface area contributed by atoms with Gasteiger partial charge in [-0.3, -0.25) is 4.79 Å². The van der Waals surface area contributed by atoms with Crippen molar-refractivity contribution in [3.05, 3.63) is 64.9 Å². The van der Waals surface area contributed by atoms with Crippen molar-refractivity contribution in [3.8, 4) is 5.75 Å². The van der Waals surface area contributed by atoms with Crippen LogP contribution in [-0.4, -0.2) is 25.7 Å². The summed E-state index contributed by atoms with van der Waals surface area (Å²) in [5.74, 6) is 1.57. The van der Waals surface area contributed by atoms with Crippen molar-refractivity contribution < 1.29 is 18.2 Å². The van der Waals surface area contributed by atoms with Crippen LogP contribution in [0, 0.1) is 5.92 Å². The zero-order chi connectivity index (χ0) is 19.3. The van der Waals surface area contributed by atoms with Crippen LogP contribution < -0.4 is 10.1 Å². The Morgan fingerprint density at radius 1 is 1.18 bits per heavy atom. The summed E-state index contributed by atoms with van der Waals surface area (Å²) in [6, 6.07) is 11.9. The maximum atomic E-state index is 11.7. The van der Waals surface area contributed by atoms with Crippen LogP contribution in [0.2, 0.25) is 0 Å². The van der Waals surface area contributed by atoms with Gasteiger partial charge in [-0.1, -0.05) is 32.9 Å². The van der Waals surface area contributed by atoms with Gasteiger partial charge in [0.25, 0.3) is 0 Å². The van der Waals surface area contributed by atoms with E-state index in [2.05, 4.69) is 17.4 Å². The van der Waals surface area contributed by atoms with Crippen molar-refractivity contribution in [1.82, 2.24) is 5.32 Å². The normalized spacial score (nSPS) is 23.5. The number of aldehydes is 1. The summed E-state index contributed by atoms with van der Waals surface area (Å²) in [4.78, 5) is 12.7. The molecule has 1 N–H and O–H groups in total. The second kappa shape index (κ2) is 6.65. The van der Waals surface area contributed by atoms with Crippen LogP contribution in [0.4, 0.5) is 0 Å². The molecule has 1 atom stereocenters. The first-order valence-electron chi connectivity index (χ1n) is 9.55. The monoisotopic (exact) mass is 397 g/mol. The minimum atomic E-state index is -1.64. The summed E-state index contributed by atoms with van der Waals surface area (Å²) in [6.07, 6.45) is 8.46. The zero-order valence-electron chi connectivity index (χ0n) is 15.9. The number of benzene rings is 2. The summed E-state index contributed by atoms with van der Waals surface area (Å²) < 4.78 is 17.1. The van der Waals surface area contributed by atoms with Gasteiger partial charge in [0.15, 0.2) is 6.29 Å². The molecule has 0 radical (unpaired) electrons. The van der Waals surface area contributed by atoms with Gasteiger partial charge in [-0.15, -0.1) is 10.6 Å². The average Bonchev–Trinajstić information content (AvgIpc) is 3.65. The van der Waals surface area contributed by atoms with Crippen molar-refractivity contribution >= 4 is 22.4 Å². The largest absolute Gasteiger partial charge is 0.489 e. The highest BCUT2D eigenvalue weighted by molar-refractivity contribution is 8.28. The Bertz CT molecular complexity index is 978. The fraction of sp³-hybridized carbons (Fsp3) is 0.318. The molecule has 146 valence electrons. The molecule has 1 aliphatic carbocycles. The quantitative estimate of drug-likeness (QED) is 0.444. The molecule has 3 aliphatic rings. The maximum Gasteiger partial charge on any atom is 0.150 e. The lowest BCUT2D eigenvalue weighted by Crippen LogP contribution is -2.15. The van der Waals surface area contributed by atoms with E-state index in [1.54, 1.807) is 0 Å². The van der Waals surface area contributed by atoms with Crippen molar-refractivity contribution in [3.63, 3.8) is 0 Å². The molecular formula is C22H23NO4S. The van der Waals surface area contributed by atoms with Gasteiger partial charge in [-0.25, -0.2) is 0 Å². The Labute approximate surface area is 166 Å². The van der Waals surface area contributed by atoms with E-state index >= 15 is 0 Å². The Morgan fingerprint density at radius 2 is 1.96 bits per heavy atom. The van der Waals surface area contributed by atoms with Gasteiger partial charge in [-0.2, -0.15) is 0 Å². The standard InChI is InChI=1S/C22H23NO4S/c1-23-12-20(18-6-4-3-5-15(18)13-24)19-11-17(28(2)26-27-28)9-16-10-21(14-7-8-14)25-22(16)19/h3-6,9,11-14,21,23H,7-8,10H2,1-2H3/b20-12+. The van der Waals surface area contributed by atoms with Crippen LogP contribution >= 0.6 is 10.6 Å². The van der Waals surface area contributed by atoms with Crippen LogP contribution in [-0.2, 0) is 15.1 Å². The lowest BCUT2D eigenvalue weighted by atomic mass is 9.92. The average molecular weight is 397 g/mol. The molecule has 5 rings (SSSR count). The molecule has 2 aromatic carbocycles. The van der Waals surface area contributed by atoms with E-state index in [1.807, 2.05) is 43.8 Å². The first kappa shape index (κ1) is 17.8. The molecule has 1 unspecified atom stereocenters. The molecule has 2 fully saturated rings. The molecule has 5 nitrogen and oxygen atoms in total.